The van der Waals surface area contributed by atoms with Gasteiger partial charge in [0.05, 0.1) is 34.0 Å². The van der Waals surface area contributed by atoms with Crippen molar-refractivity contribution in [3.63, 3.8) is 0 Å². The number of ether oxygens (including phenoxy) is 6. The van der Waals surface area contributed by atoms with E-state index in [9.17, 15) is 14.7 Å². The molecule has 1 saturated heterocycles. The fraction of sp³-hybridized carbons (Fsp3) is 0.333. The molecule has 4 atom stereocenters. The molecule has 1 aromatic heterocycles. The molecule has 0 aliphatic carbocycles. The number of aliphatic hydroxyl groups excluding tert-OH is 1. The fourth-order valence-corrected chi connectivity index (χ4v) is 5.44. The lowest BCUT2D eigenvalue weighted by Gasteiger charge is -2.37. The Bertz CT molecular complexity index is 1560. The SMILES string of the molecule is COCCO[C@@H]1[C@H](O)[C@@H](COC(c2ccccc2)(c2ccc(OC)cc2)c2ccc(OC)cc2)O[C@@H]1n1ccc(=O)[nH]c1=O. The van der Waals surface area contributed by atoms with Gasteiger partial charge < -0.3 is 33.5 Å². The molecule has 5 rings (SSSR count). The van der Waals surface area contributed by atoms with Crippen LogP contribution in [0.5, 0.6) is 11.5 Å². The number of rotatable bonds is 13. The minimum atomic E-state index is -1.18. The van der Waals surface area contributed by atoms with Crippen LogP contribution in [0.1, 0.15) is 22.9 Å². The Kier molecular flexibility index (Phi) is 9.93. The Morgan fingerprint density at radius 3 is 1.95 bits per heavy atom. The second kappa shape index (κ2) is 14.0. The van der Waals surface area contributed by atoms with Gasteiger partial charge in [0.2, 0.25) is 0 Å². The Balaban J connectivity index is 1.55. The van der Waals surface area contributed by atoms with Gasteiger partial charge in [-0.3, -0.25) is 14.3 Å². The van der Waals surface area contributed by atoms with E-state index in [0.29, 0.717) is 11.5 Å². The van der Waals surface area contributed by atoms with E-state index in [1.54, 1.807) is 14.2 Å². The highest BCUT2D eigenvalue weighted by Gasteiger charge is 2.48. The minimum absolute atomic E-state index is 0.0904. The third kappa shape index (κ3) is 6.33. The first-order valence-corrected chi connectivity index (χ1v) is 14.2. The summed E-state index contributed by atoms with van der Waals surface area (Å²) in [5.74, 6) is 1.37. The zero-order chi connectivity index (χ0) is 31.1. The van der Waals surface area contributed by atoms with E-state index in [-0.39, 0.29) is 19.8 Å². The van der Waals surface area contributed by atoms with Crippen LogP contribution < -0.4 is 20.7 Å². The summed E-state index contributed by atoms with van der Waals surface area (Å²) < 4.78 is 36.2. The first-order valence-electron chi connectivity index (χ1n) is 14.2. The van der Waals surface area contributed by atoms with Crippen LogP contribution in [0.2, 0.25) is 0 Å². The van der Waals surface area contributed by atoms with Crippen LogP contribution in [-0.4, -0.2) is 74.1 Å². The Morgan fingerprint density at radius 1 is 0.818 bits per heavy atom. The number of hydrogen-bond acceptors (Lipinski definition) is 9. The second-order valence-corrected chi connectivity index (χ2v) is 10.2. The summed E-state index contributed by atoms with van der Waals surface area (Å²) in [6, 6.07) is 26.1. The molecule has 0 spiro atoms. The van der Waals surface area contributed by atoms with E-state index in [2.05, 4.69) is 4.98 Å². The quantitative estimate of drug-likeness (QED) is 0.175. The third-order valence-corrected chi connectivity index (χ3v) is 7.67. The third-order valence-electron chi connectivity index (χ3n) is 7.67. The molecule has 1 fully saturated rings. The predicted molar refractivity (Wildman–Crippen MR) is 161 cm³/mol. The van der Waals surface area contributed by atoms with E-state index >= 15 is 0 Å². The number of benzene rings is 3. The summed E-state index contributed by atoms with van der Waals surface area (Å²) in [7, 11) is 4.74. The van der Waals surface area contributed by atoms with E-state index in [1.807, 2.05) is 78.9 Å². The molecule has 44 heavy (non-hydrogen) atoms. The summed E-state index contributed by atoms with van der Waals surface area (Å²) in [5.41, 5.74) is 0.0678. The van der Waals surface area contributed by atoms with Crippen molar-refractivity contribution in [2.75, 3.05) is 41.2 Å². The molecule has 3 aromatic carbocycles. The normalized spacial score (nSPS) is 20.0. The van der Waals surface area contributed by atoms with Crippen molar-refractivity contribution in [2.45, 2.75) is 30.1 Å². The van der Waals surface area contributed by atoms with Crippen LogP contribution in [0, 0.1) is 0 Å². The van der Waals surface area contributed by atoms with Gasteiger partial charge in [0, 0.05) is 19.4 Å². The minimum Gasteiger partial charge on any atom is -0.497 e. The largest absolute Gasteiger partial charge is 0.497 e. The van der Waals surface area contributed by atoms with Gasteiger partial charge in [-0.15, -0.1) is 0 Å². The Labute approximate surface area is 254 Å². The molecular formula is C33H36N2O9. The van der Waals surface area contributed by atoms with Gasteiger partial charge in [-0.1, -0.05) is 54.6 Å². The number of nitrogens with one attached hydrogen (secondary N) is 1. The molecule has 1 aliphatic rings. The molecule has 232 valence electrons. The maximum Gasteiger partial charge on any atom is 0.330 e. The summed E-state index contributed by atoms with van der Waals surface area (Å²) >= 11 is 0. The van der Waals surface area contributed by atoms with Crippen LogP contribution in [0.4, 0.5) is 0 Å². The van der Waals surface area contributed by atoms with Gasteiger partial charge in [-0.2, -0.15) is 0 Å². The van der Waals surface area contributed by atoms with Crippen molar-refractivity contribution in [1.29, 1.82) is 0 Å². The number of aromatic amines is 1. The standard InChI is InChI=1S/C33H36N2O9/c1-39-19-20-42-30-29(37)27(44-31(30)35-18-17-28(36)34-32(35)38)21-43-33(22-7-5-4-6-8-22,23-9-13-25(40-2)14-10-23)24-11-15-26(41-3)16-12-24/h4-18,27,29-31,37H,19-21H2,1-3H3,(H,34,36,38)/t27-,29-,30-,31+/m1/s1. The molecule has 4 aromatic rings. The molecule has 0 radical (unpaired) electrons. The average molecular weight is 605 g/mol. The van der Waals surface area contributed by atoms with Crippen molar-refractivity contribution in [3.8, 4) is 11.5 Å². The lowest BCUT2D eigenvalue weighted by molar-refractivity contribution is -0.0994. The van der Waals surface area contributed by atoms with Gasteiger partial charge in [-0.05, 0) is 41.0 Å². The van der Waals surface area contributed by atoms with Crippen molar-refractivity contribution < 1.29 is 33.5 Å². The van der Waals surface area contributed by atoms with Gasteiger partial charge in [0.15, 0.2) is 6.23 Å². The average Bonchev–Trinajstić information content (AvgIpc) is 3.36. The maximum atomic E-state index is 12.7. The second-order valence-electron chi connectivity index (χ2n) is 10.2. The first-order chi connectivity index (χ1) is 21.4. The van der Waals surface area contributed by atoms with Gasteiger partial charge in [0.25, 0.3) is 5.56 Å². The molecule has 11 heteroatoms. The van der Waals surface area contributed by atoms with E-state index < -0.39 is 41.4 Å². The molecule has 11 nitrogen and oxygen atoms in total. The van der Waals surface area contributed by atoms with Crippen molar-refractivity contribution >= 4 is 0 Å². The fourth-order valence-electron chi connectivity index (χ4n) is 5.44. The number of methoxy groups -OCH3 is 3. The van der Waals surface area contributed by atoms with Gasteiger partial charge >= 0.3 is 5.69 Å². The Hall–Kier alpha value is -4.26. The van der Waals surface area contributed by atoms with E-state index in [4.69, 9.17) is 28.4 Å². The molecule has 1 aliphatic heterocycles. The zero-order valence-corrected chi connectivity index (χ0v) is 24.8. The van der Waals surface area contributed by atoms with E-state index in [0.717, 1.165) is 16.7 Å². The predicted octanol–water partition coefficient (Wildman–Crippen LogP) is 2.85. The summed E-state index contributed by atoms with van der Waals surface area (Å²) in [5, 5.41) is 11.5. The number of aliphatic hydroxyl groups is 1. The molecule has 0 saturated carbocycles. The van der Waals surface area contributed by atoms with Crippen LogP contribution in [-0.2, 0) is 24.5 Å². The van der Waals surface area contributed by atoms with Crippen LogP contribution in [0.15, 0.2) is 101 Å². The van der Waals surface area contributed by atoms with Gasteiger partial charge in [-0.25, -0.2) is 4.79 Å². The van der Waals surface area contributed by atoms with Crippen molar-refractivity contribution in [2.24, 2.45) is 0 Å². The highest BCUT2D eigenvalue weighted by atomic mass is 16.6. The van der Waals surface area contributed by atoms with E-state index in [1.165, 1.54) is 23.9 Å². The van der Waals surface area contributed by atoms with Crippen molar-refractivity contribution in [1.82, 2.24) is 9.55 Å². The molecule has 0 unspecified atom stereocenters. The summed E-state index contributed by atoms with van der Waals surface area (Å²) in [6.07, 6.45) is -2.76. The molecular weight excluding hydrogens is 568 g/mol. The van der Waals surface area contributed by atoms with Crippen molar-refractivity contribution in [3.05, 3.63) is 129 Å². The lowest BCUT2D eigenvalue weighted by atomic mass is 9.80. The van der Waals surface area contributed by atoms with Crippen LogP contribution in [0.25, 0.3) is 0 Å². The molecule has 0 amide bonds. The number of hydrogen-bond donors (Lipinski definition) is 2. The highest BCUT2D eigenvalue weighted by molar-refractivity contribution is 5.49. The summed E-state index contributed by atoms with van der Waals surface area (Å²) in [6.45, 7) is 0.325. The maximum absolute atomic E-state index is 12.7. The monoisotopic (exact) mass is 604 g/mol. The topological polar surface area (TPSA) is 130 Å². The molecule has 0 bridgehead atoms. The summed E-state index contributed by atoms with van der Waals surface area (Å²) in [4.78, 5) is 26.7. The zero-order valence-electron chi connectivity index (χ0n) is 24.8. The number of nitrogens with zero attached hydrogens (tertiary/aromatic N) is 1. The van der Waals surface area contributed by atoms with Crippen LogP contribution in [0.3, 0.4) is 0 Å². The molecule has 2 heterocycles. The van der Waals surface area contributed by atoms with Crippen LogP contribution >= 0.6 is 0 Å². The lowest BCUT2D eigenvalue weighted by Crippen LogP contribution is -2.41. The number of aromatic nitrogens is 2. The highest BCUT2D eigenvalue weighted by Crippen LogP contribution is 2.43. The smallest absolute Gasteiger partial charge is 0.330 e. The Morgan fingerprint density at radius 2 is 1.41 bits per heavy atom. The molecule has 2 N–H and O–H groups in total. The number of H-pyrrole nitrogens is 1. The van der Waals surface area contributed by atoms with Gasteiger partial charge in [0.1, 0.15) is 35.4 Å². The first kappa shape index (κ1) is 31.2.